The number of hydrogen-bond donors (Lipinski definition) is 3. The molecular weight excluding hydrogens is 629 g/mol. The van der Waals surface area contributed by atoms with Crippen LogP contribution in [0.5, 0.6) is 0 Å². The van der Waals surface area contributed by atoms with Crippen molar-refractivity contribution in [2.45, 2.75) is 93.0 Å². The van der Waals surface area contributed by atoms with E-state index >= 15 is 0 Å². The predicted molar refractivity (Wildman–Crippen MR) is 224 cm³/mol. The molecule has 3 aliphatic rings. The molecular formula is C43H70N8. The van der Waals surface area contributed by atoms with Gasteiger partial charge in [-0.05, 0) is 81.6 Å². The van der Waals surface area contributed by atoms with Crippen molar-refractivity contribution in [1.82, 2.24) is 35.4 Å². The van der Waals surface area contributed by atoms with Crippen LogP contribution in [0, 0.1) is 5.41 Å². The van der Waals surface area contributed by atoms with Gasteiger partial charge in [-0.15, -0.1) is 6.58 Å². The van der Waals surface area contributed by atoms with Crippen LogP contribution in [0.15, 0.2) is 79.9 Å². The summed E-state index contributed by atoms with van der Waals surface area (Å²) in [6.07, 6.45) is 21.5. The Balaban J connectivity index is 0.000000557. The molecule has 1 aliphatic carbocycles. The van der Waals surface area contributed by atoms with Crippen LogP contribution in [0.2, 0.25) is 0 Å². The average molecular weight is 699 g/mol. The van der Waals surface area contributed by atoms with E-state index in [0.717, 1.165) is 86.7 Å². The van der Waals surface area contributed by atoms with Gasteiger partial charge >= 0.3 is 0 Å². The number of aromatic nitrogens is 3. The maximum atomic E-state index is 4.90. The number of rotatable bonds is 9. The van der Waals surface area contributed by atoms with Crippen molar-refractivity contribution in [1.29, 1.82) is 0 Å². The maximum Gasteiger partial charge on any atom is 0.128 e. The molecule has 2 saturated heterocycles. The zero-order valence-electron chi connectivity index (χ0n) is 33.7. The van der Waals surface area contributed by atoms with E-state index in [2.05, 4.69) is 120 Å². The standard InChI is InChI=1S/C31H36N6.2C4H11N.2C2H6/c1-4-23-20-34-37-21-26(24-6-9-27(10-7-24)36-17-14-32-22-36)18-28(30(23)37)25-8-11-29(33-19-25)35-15-12-31(3,5-2)13-16-35;1-4(2)5-3;1-3-4-5-2;2*1-2/h4-6,8-11,18-21,24,32H,1-2,7,12-17,22H2,3H3;4-5H,1-3H3;5H,3-4H2,1-2H3;2*1-2H3. The van der Waals surface area contributed by atoms with Gasteiger partial charge in [0, 0.05) is 72.9 Å². The number of anilines is 1. The third kappa shape index (κ3) is 12.5. The molecule has 0 aromatic carbocycles. The molecule has 2 aliphatic heterocycles. The molecule has 0 radical (unpaired) electrons. The molecule has 5 heterocycles. The average Bonchev–Trinajstić information content (AvgIpc) is 3.88. The Hall–Kier alpha value is -3.72. The lowest BCUT2D eigenvalue weighted by atomic mass is 9.81. The zero-order valence-corrected chi connectivity index (χ0v) is 33.7. The van der Waals surface area contributed by atoms with Crippen molar-refractivity contribution in [2.24, 2.45) is 5.41 Å². The van der Waals surface area contributed by atoms with Gasteiger partial charge in [0.2, 0.25) is 0 Å². The number of pyridine rings is 2. The zero-order chi connectivity index (χ0) is 37.8. The fourth-order valence-corrected chi connectivity index (χ4v) is 5.99. The van der Waals surface area contributed by atoms with Crippen LogP contribution < -0.4 is 20.9 Å². The lowest BCUT2D eigenvalue weighted by Crippen LogP contribution is -2.38. The molecule has 1 unspecified atom stereocenters. The highest BCUT2D eigenvalue weighted by Gasteiger charge is 2.28. The minimum Gasteiger partial charge on any atom is -0.358 e. The van der Waals surface area contributed by atoms with E-state index in [0.29, 0.717) is 12.0 Å². The van der Waals surface area contributed by atoms with E-state index < -0.39 is 0 Å². The highest BCUT2D eigenvalue weighted by atomic mass is 15.3. The fourth-order valence-electron chi connectivity index (χ4n) is 5.99. The van der Waals surface area contributed by atoms with Crippen molar-refractivity contribution in [2.75, 3.05) is 58.4 Å². The minimum absolute atomic E-state index is 0.237. The van der Waals surface area contributed by atoms with E-state index in [1.807, 2.05) is 64.8 Å². The number of nitrogens with one attached hydrogen (secondary N) is 3. The highest BCUT2D eigenvalue weighted by Crippen LogP contribution is 2.36. The molecule has 6 rings (SSSR count). The van der Waals surface area contributed by atoms with Gasteiger partial charge in [-0.1, -0.05) is 86.3 Å². The van der Waals surface area contributed by atoms with E-state index in [1.54, 1.807) is 0 Å². The first kappa shape index (κ1) is 43.4. The largest absolute Gasteiger partial charge is 0.358 e. The summed E-state index contributed by atoms with van der Waals surface area (Å²) < 4.78 is 2.01. The molecule has 3 aromatic heterocycles. The van der Waals surface area contributed by atoms with Crippen LogP contribution in [-0.2, 0) is 0 Å². The van der Waals surface area contributed by atoms with Crippen LogP contribution in [0.3, 0.4) is 0 Å². The van der Waals surface area contributed by atoms with E-state index in [4.69, 9.17) is 4.98 Å². The molecule has 51 heavy (non-hydrogen) atoms. The molecule has 8 heteroatoms. The Kier molecular flexibility index (Phi) is 19.6. The molecule has 8 nitrogen and oxygen atoms in total. The minimum atomic E-state index is 0.237. The summed E-state index contributed by atoms with van der Waals surface area (Å²) in [5.41, 5.74) is 7.18. The third-order valence-electron chi connectivity index (χ3n) is 9.47. The Morgan fingerprint density at radius 3 is 2.22 bits per heavy atom. The summed E-state index contributed by atoms with van der Waals surface area (Å²) in [5.74, 6) is 1.36. The molecule has 1 atom stereocenters. The second kappa shape index (κ2) is 23.0. The van der Waals surface area contributed by atoms with Crippen molar-refractivity contribution >= 4 is 17.4 Å². The number of piperidine rings is 1. The second-order valence-corrected chi connectivity index (χ2v) is 13.3. The quantitative estimate of drug-likeness (QED) is 0.193. The van der Waals surface area contributed by atoms with E-state index in [1.165, 1.54) is 17.7 Å². The van der Waals surface area contributed by atoms with Crippen molar-refractivity contribution < 1.29 is 0 Å². The van der Waals surface area contributed by atoms with Gasteiger partial charge in [-0.25, -0.2) is 9.50 Å². The SMILES string of the molecule is C=Cc1cnn2cc(C3C=CC(N4CCNC4)=CC3)cc(-c3ccc(N4CCC(C)(C=C)CC4)nc3)c12.CC.CC.CCCNC.CNC(C)C. The molecule has 0 amide bonds. The summed E-state index contributed by atoms with van der Waals surface area (Å²) >= 11 is 0. The first-order valence-electron chi connectivity index (χ1n) is 19.4. The first-order valence-corrected chi connectivity index (χ1v) is 19.4. The fraction of sp³-hybridized carbons (Fsp3) is 0.535. The molecule has 282 valence electrons. The number of nitrogens with zero attached hydrogens (tertiary/aromatic N) is 5. The summed E-state index contributed by atoms with van der Waals surface area (Å²) in [6, 6.07) is 7.33. The lowest BCUT2D eigenvalue weighted by molar-refractivity contribution is 0.326. The molecule has 3 N–H and O–H groups in total. The van der Waals surface area contributed by atoms with Gasteiger partial charge < -0.3 is 20.4 Å². The van der Waals surface area contributed by atoms with Gasteiger partial charge in [0.05, 0.1) is 18.4 Å². The number of hydrogen-bond acceptors (Lipinski definition) is 7. The second-order valence-electron chi connectivity index (χ2n) is 13.3. The Bertz CT molecular complexity index is 1480. The Morgan fingerprint density at radius 1 is 1.04 bits per heavy atom. The molecule has 2 fully saturated rings. The topological polar surface area (TPSA) is 72.8 Å². The van der Waals surface area contributed by atoms with Gasteiger partial charge in [-0.3, -0.25) is 5.32 Å². The predicted octanol–water partition coefficient (Wildman–Crippen LogP) is 8.90. The smallest absolute Gasteiger partial charge is 0.128 e. The third-order valence-corrected chi connectivity index (χ3v) is 9.47. The van der Waals surface area contributed by atoms with Crippen molar-refractivity contribution in [3.05, 3.63) is 91.1 Å². The van der Waals surface area contributed by atoms with Crippen LogP contribution in [-0.4, -0.2) is 79.0 Å². The van der Waals surface area contributed by atoms with Crippen molar-refractivity contribution in [3.63, 3.8) is 0 Å². The van der Waals surface area contributed by atoms with Gasteiger partial charge in [0.25, 0.3) is 0 Å². The normalized spacial score (nSPS) is 17.5. The van der Waals surface area contributed by atoms with Crippen LogP contribution in [0.1, 0.15) is 98.1 Å². The molecule has 0 saturated carbocycles. The Labute approximate surface area is 311 Å². The lowest BCUT2D eigenvalue weighted by Gasteiger charge is -2.38. The highest BCUT2D eigenvalue weighted by molar-refractivity contribution is 5.87. The summed E-state index contributed by atoms with van der Waals surface area (Å²) in [6.45, 7) is 31.0. The molecule has 0 bridgehead atoms. The summed E-state index contributed by atoms with van der Waals surface area (Å²) in [7, 11) is 3.91. The van der Waals surface area contributed by atoms with Gasteiger partial charge in [-0.2, -0.15) is 5.10 Å². The van der Waals surface area contributed by atoms with Gasteiger partial charge in [0.1, 0.15) is 5.82 Å². The van der Waals surface area contributed by atoms with Crippen LogP contribution in [0.4, 0.5) is 5.82 Å². The summed E-state index contributed by atoms with van der Waals surface area (Å²) in [5, 5.41) is 14.1. The Morgan fingerprint density at radius 2 is 1.75 bits per heavy atom. The molecule has 0 spiro atoms. The molecule has 3 aromatic rings. The van der Waals surface area contributed by atoms with Crippen LogP contribution in [0.25, 0.3) is 22.7 Å². The van der Waals surface area contributed by atoms with Crippen molar-refractivity contribution in [3.8, 4) is 11.1 Å². The first-order chi connectivity index (χ1) is 24.7. The number of fused-ring (bicyclic) bond motifs is 1. The van der Waals surface area contributed by atoms with Crippen LogP contribution >= 0.6 is 0 Å². The number of allylic oxidation sites excluding steroid dienone is 4. The van der Waals surface area contributed by atoms with E-state index in [9.17, 15) is 0 Å². The van der Waals surface area contributed by atoms with E-state index in [-0.39, 0.29) is 5.41 Å². The summed E-state index contributed by atoms with van der Waals surface area (Å²) in [4.78, 5) is 9.70. The monoisotopic (exact) mass is 699 g/mol. The maximum absolute atomic E-state index is 4.90. The van der Waals surface area contributed by atoms with Gasteiger partial charge in [0.15, 0.2) is 0 Å².